The highest BCUT2D eigenvalue weighted by Gasteiger charge is 2.37. The Morgan fingerprint density at radius 3 is 2.19 bits per heavy atom. The fraction of sp³-hybridized carbons (Fsp3) is 0.818. The van der Waals surface area contributed by atoms with E-state index in [1.807, 2.05) is 6.08 Å². The van der Waals surface area contributed by atoms with Gasteiger partial charge in [-0.2, -0.15) is 0 Å². The van der Waals surface area contributed by atoms with E-state index in [4.69, 9.17) is 23.7 Å². The fourth-order valence-electron chi connectivity index (χ4n) is 1.87. The van der Waals surface area contributed by atoms with Crippen LogP contribution < -0.4 is 0 Å². The minimum Gasteiger partial charge on any atom is -0.493 e. The lowest BCUT2D eigenvalue weighted by Gasteiger charge is -2.31. The quantitative estimate of drug-likeness (QED) is 0.694. The molecule has 0 saturated carbocycles. The zero-order chi connectivity index (χ0) is 12.0. The van der Waals surface area contributed by atoms with Crippen molar-refractivity contribution < 1.29 is 23.7 Å². The molecule has 0 amide bonds. The molecular formula is C11H20O5. The van der Waals surface area contributed by atoms with Crippen LogP contribution in [0.2, 0.25) is 0 Å². The lowest BCUT2D eigenvalue weighted by molar-refractivity contribution is -0.135. The van der Waals surface area contributed by atoms with Crippen LogP contribution in [0.4, 0.5) is 0 Å². The fourth-order valence-corrected chi connectivity index (χ4v) is 1.87. The zero-order valence-corrected chi connectivity index (χ0v) is 10.2. The highest BCUT2D eigenvalue weighted by Crippen LogP contribution is 2.20. The minimum absolute atomic E-state index is 0.184. The molecule has 0 N–H and O–H groups in total. The molecule has 1 heterocycles. The zero-order valence-electron chi connectivity index (χ0n) is 10.2. The van der Waals surface area contributed by atoms with Crippen molar-refractivity contribution in [1.82, 2.24) is 0 Å². The average Bonchev–Trinajstić information content (AvgIpc) is 2.47. The van der Waals surface area contributed by atoms with Gasteiger partial charge in [-0.05, 0) is 6.08 Å². The summed E-state index contributed by atoms with van der Waals surface area (Å²) < 4.78 is 26.8. The Hall–Kier alpha value is -0.620. The Morgan fingerprint density at radius 1 is 1.00 bits per heavy atom. The molecule has 1 rings (SSSR count). The SMILES string of the molecule is COC[C@H]1OC=C[C@H](OC)[C@@H](OC)[C@@H]1OC. The molecule has 0 fully saturated rings. The molecule has 0 aliphatic carbocycles. The summed E-state index contributed by atoms with van der Waals surface area (Å²) in [6.45, 7) is 0.444. The summed E-state index contributed by atoms with van der Waals surface area (Å²) in [6, 6.07) is 0. The first-order valence-corrected chi connectivity index (χ1v) is 5.18. The van der Waals surface area contributed by atoms with E-state index in [0.717, 1.165) is 0 Å². The molecule has 0 saturated heterocycles. The highest BCUT2D eigenvalue weighted by molar-refractivity contribution is 4.99. The predicted octanol–water partition coefficient (Wildman–Crippen LogP) is 0.590. The van der Waals surface area contributed by atoms with Gasteiger partial charge in [0.2, 0.25) is 0 Å². The maximum atomic E-state index is 5.52. The van der Waals surface area contributed by atoms with Crippen molar-refractivity contribution in [2.45, 2.75) is 24.4 Å². The Balaban J connectivity index is 2.81. The van der Waals surface area contributed by atoms with E-state index in [9.17, 15) is 0 Å². The van der Waals surface area contributed by atoms with Gasteiger partial charge >= 0.3 is 0 Å². The van der Waals surface area contributed by atoms with Gasteiger partial charge in [-0.15, -0.1) is 0 Å². The molecule has 1 aliphatic heterocycles. The highest BCUT2D eigenvalue weighted by atomic mass is 16.6. The van der Waals surface area contributed by atoms with Crippen LogP contribution in [0.5, 0.6) is 0 Å². The van der Waals surface area contributed by atoms with Gasteiger partial charge in [0.15, 0.2) is 0 Å². The van der Waals surface area contributed by atoms with Crippen LogP contribution in [-0.2, 0) is 23.7 Å². The third kappa shape index (κ3) is 2.95. The van der Waals surface area contributed by atoms with E-state index in [1.54, 1.807) is 34.7 Å². The predicted molar refractivity (Wildman–Crippen MR) is 58.3 cm³/mol. The third-order valence-corrected chi connectivity index (χ3v) is 2.68. The molecule has 5 heteroatoms. The summed E-state index contributed by atoms with van der Waals surface area (Å²) in [7, 11) is 6.51. The van der Waals surface area contributed by atoms with Crippen LogP contribution in [0.1, 0.15) is 0 Å². The maximum Gasteiger partial charge on any atom is 0.150 e. The van der Waals surface area contributed by atoms with E-state index >= 15 is 0 Å². The van der Waals surface area contributed by atoms with Crippen LogP contribution in [0.25, 0.3) is 0 Å². The van der Waals surface area contributed by atoms with E-state index < -0.39 is 0 Å². The third-order valence-electron chi connectivity index (χ3n) is 2.68. The Kier molecular flexibility index (Phi) is 5.76. The van der Waals surface area contributed by atoms with E-state index in [0.29, 0.717) is 6.61 Å². The van der Waals surface area contributed by atoms with Gasteiger partial charge in [0.1, 0.15) is 24.4 Å². The first-order chi connectivity index (χ1) is 7.78. The minimum atomic E-state index is -0.232. The smallest absolute Gasteiger partial charge is 0.150 e. The second-order valence-electron chi connectivity index (χ2n) is 3.56. The van der Waals surface area contributed by atoms with Crippen molar-refractivity contribution >= 4 is 0 Å². The standard InChI is InChI=1S/C11H20O5/c1-12-7-9-11(15-4)10(14-3)8(13-2)5-6-16-9/h5-6,8-11H,7H2,1-4H3/t8-,9+,10+,11+/m0/s1. The Bertz CT molecular complexity index is 218. The van der Waals surface area contributed by atoms with Crippen LogP contribution in [0.15, 0.2) is 12.3 Å². The molecule has 0 bridgehead atoms. The van der Waals surface area contributed by atoms with Gasteiger partial charge < -0.3 is 23.7 Å². The summed E-state index contributed by atoms with van der Waals surface area (Å²) in [5.74, 6) is 0. The largest absolute Gasteiger partial charge is 0.493 e. The van der Waals surface area contributed by atoms with Crippen molar-refractivity contribution in [1.29, 1.82) is 0 Å². The molecule has 94 valence electrons. The van der Waals surface area contributed by atoms with E-state index in [1.165, 1.54) is 0 Å². The number of methoxy groups -OCH3 is 4. The van der Waals surface area contributed by atoms with E-state index in [2.05, 4.69) is 0 Å². The van der Waals surface area contributed by atoms with E-state index in [-0.39, 0.29) is 24.4 Å². The van der Waals surface area contributed by atoms with Gasteiger partial charge in [-0.3, -0.25) is 0 Å². The average molecular weight is 232 g/mol. The van der Waals surface area contributed by atoms with Gasteiger partial charge in [0.25, 0.3) is 0 Å². The second-order valence-corrected chi connectivity index (χ2v) is 3.56. The van der Waals surface area contributed by atoms with Crippen molar-refractivity contribution in [2.75, 3.05) is 35.0 Å². The molecular weight excluding hydrogens is 212 g/mol. The van der Waals surface area contributed by atoms with Gasteiger partial charge in [0, 0.05) is 28.4 Å². The normalized spacial score (nSPS) is 34.5. The first-order valence-electron chi connectivity index (χ1n) is 5.18. The lowest BCUT2D eigenvalue weighted by atomic mass is 10.0. The summed E-state index contributed by atoms with van der Waals surface area (Å²) in [5.41, 5.74) is 0. The monoisotopic (exact) mass is 232 g/mol. The molecule has 5 nitrogen and oxygen atoms in total. The second kappa shape index (κ2) is 6.85. The van der Waals surface area contributed by atoms with Crippen LogP contribution in [0.3, 0.4) is 0 Å². The van der Waals surface area contributed by atoms with Crippen molar-refractivity contribution in [3.8, 4) is 0 Å². The van der Waals surface area contributed by atoms with Gasteiger partial charge in [0.05, 0.1) is 12.9 Å². The molecule has 4 atom stereocenters. The molecule has 16 heavy (non-hydrogen) atoms. The summed E-state index contributed by atoms with van der Waals surface area (Å²) >= 11 is 0. The summed E-state index contributed by atoms with van der Waals surface area (Å²) in [6.07, 6.45) is 2.60. The molecule has 0 aromatic rings. The molecule has 0 aromatic carbocycles. The first kappa shape index (κ1) is 13.4. The van der Waals surface area contributed by atoms with Crippen molar-refractivity contribution in [2.24, 2.45) is 0 Å². The summed E-state index contributed by atoms with van der Waals surface area (Å²) in [5, 5.41) is 0. The van der Waals surface area contributed by atoms with Gasteiger partial charge in [-0.25, -0.2) is 0 Å². The van der Waals surface area contributed by atoms with Crippen molar-refractivity contribution in [3.63, 3.8) is 0 Å². The number of hydrogen-bond donors (Lipinski definition) is 0. The number of hydrogen-bond acceptors (Lipinski definition) is 5. The van der Waals surface area contributed by atoms with Crippen LogP contribution in [0, 0.1) is 0 Å². The molecule has 0 unspecified atom stereocenters. The Labute approximate surface area is 96.3 Å². The topological polar surface area (TPSA) is 46.2 Å². The number of ether oxygens (including phenoxy) is 5. The van der Waals surface area contributed by atoms with Gasteiger partial charge in [-0.1, -0.05) is 0 Å². The number of rotatable bonds is 5. The molecule has 0 aromatic heterocycles. The maximum absolute atomic E-state index is 5.52. The molecule has 0 radical (unpaired) electrons. The van der Waals surface area contributed by atoms with Crippen molar-refractivity contribution in [3.05, 3.63) is 12.3 Å². The molecule has 1 aliphatic rings. The molecule has 0 spiro atoms. The Morgan fingerprint density at radius 2 is 1.69 bits per heavy atom. The lowest BCUT2D eigenvalue weighted by Crippen LogP contribution is -2.47. The summed E-state index contributed by atoms with van der Waals surface area (Å²) in [4.78, 5) is 0. The van der Waals surface area contributed by atoms with Crippen LogP contribution >= 0.6 is 0 Å². The van der Waals surface area contributed by atoms with Crippen LogP contribution in [-0.4, -0.2) is 59.5 Å².